The van der Waals surface area contributed by atoms with E-state index in [4.69, 9.17) is 4.74 Å². The van der Waals surface area contributed by atoms with Crippen molar-refractivity contribution in [2.24, 2.45) is 0 Å². The number of tetrazole rings is 1. The summed E-state index contributed by atoms with van der Waals surface area (Å²) in [6.07, 6.45) is 5.05. The zero-order valence-corrected chi connectivity index (χ0v) is 14.6. The Hall–Kier alpha value is -3.75. The second kappa shape index (κ2) is 7.24. The molecule has 4 rings (SSSR count). The van der Waals surface area contributed by atoms with E-state index in [1.54, 1.807) is 36.7 Å². The van der Waals surface area contributed by atoms with E-state index in [1.165, 1.54) is 6.07 Å². The molecule has 0 aliphatic rings. The molecule has 9 nitrogen and oxygen atoms in total. The Morgan fingerprint density at radius 3 is 2.52 bits per heavy atom. The van der Waals surface area contributed by atoms with Crippen LogP contribution in [0.4, 0.5) is 0 Å². The molecule has 0 aliphatic heterocycles. The summed E-state index contributed by atoms with van der Waals surface area (Å²) in [7, 11) is 1.63. The normalized spacial score (nSPS) is 10.9. The van der Waals surface area contributed by atoms with Crippen LogP contribution in [-0.2, 0) is 13.1 Å². The minimum Gasteiger partial charge on any atom is -0.497 e. The number of pyridine rings is 1. The first-order chi connectivity index (χ1) is 13.2. The molecule has 0 saturated carbocycles. The molecule has 1 aromatic carbocycles. The molecule has 0 aliphatic carbocycles. The van der Waals surface area contributed by atoms with Crippen LogP contribution in [-0.4, -0.2) is 41.9 Å². The number of nitrogens with zero attached hydrogens (tertiary/aromatic N) is 6. The Morgan fingerprint density at radius 1 is 1.04 bits per heavy atom. The number of rotatable bonds is 6. The highest BCUT2D eigenvalue weighted by Gasteiger charge is 2.15. The van der Waals surface area contributed by atoms with E-state index in [0.717, 1.165) is 28.3 Å². The third-order valence-electron chi connectivity index (χ3n) is 4.22. The second-order valence-electron chi connectivity index (χ2n) is 5.88. The van der Waals surface area contributed by atoms with Gasteiger partial charge in [0.2, 0.25) is 5.56 Å². The van der Waals surface area contributed by atoms with Crippen molar-refractivity contribution in [2.75, 3.05) is 7.11 Å². The van der Waals surface area contributed by atoms with Gasteiger partial charge in [-0.15, -0.1) is 5.10 Å². The Morgan fingerprint density at radius 2 is 1.85 bits per heavy atom. The van der Waals surface area contributed by atoms with Crippen LogP contribution in [0.25, 0.3) is 22.5 Å². The molecular weight excluding hydrogens is 346 g/mol. The monoisotopic (exact) mass is 363 g/mol. The quantitative estimate of drug-likeness (QED) is 0.558. The summed E-state index contributed by atoms with van der Waals surface area (Å²) in [5.74, 6) is 0.780. The lowest BCUT2D eigenvalue weighted by Crippen LogP contribution is -2.09. The summed E-state index contributed by atoms with van der Waals surface area (Å²) < 4.78 is 8.91. The van der Waals surface area contributed by atoms with Gasteiger partial charge in [0.25, 0.3) is 0 Å². The van der Waals surface area contributed by atoms with Crippen molar-refractivity contribution in [2.45, 2.75) is 13.1 Å². The molecule has 27 heavy (non-hydrogen) atoms. The summed E-state index contributed by atoms with van der Waals surface area (Å²) >= 11 is 0. The molecule has 0 bridgehead atoms. The number of H-pyrrole nitrogens is 1. The number of hydrogen-bond acceptors (Lipinski definition) is 6. The van der Waals surface area contributed by atoms with E-state index >= 15 is 0 Å². The minimum absolute atomic E-state index is 0.149. The topological polar surface area (TPSA) is 104 Å². The lowest BCUT2D eigenvalue weighted by Gasteiger charge is -2.10. The Bertz CT molecular complexity index is 1060. The highest BCUT2D eigenvalue weighted by molar-refractivity contribution is 5.78. The summed E-state index contributed by atoms with van der Waals surface area (Å²) in [5, 5.41) is 11.2. The van der Waals surface area contributed by atoms with Crippen molar-refractivity contribution in [3.05, 3.63) is 65.6 Å². The van der Waals surface area contributed by atoms with Crippen molar-refractivity contribution < 1.29 is 4.74 Å². The van der Waals surface area contributed by atoms with E-state index in [-0.39, 0.29) is 5.56 Å². The van der Waals surface area contributed by atoms with Crippen LogP contribution in [0.3, 0.4) is 0 Å². The van der Waals surface area contributed by atoms with Crippen molar-refractivity contribution in [3.63, 3.8) is 0 Å². The average Bonchev–Trinajstić information content (AvgIpc) is 3.37. The van der Waals surface area contributed by atoms with Crippen LogP contribution in [0.15, 0.2) is 60.0 Å². The van der Waals surface area contributed by atoms with Crippen LogP contribution in [0.1, 0.15) is 0 Å². The first-order valence-electron chi connectivity index (χ1n) is 8.34. The van der Waals surface area contributed by atoms with Crippen molar-refractivity contribution in [3.8, 4) is 28.3 Å². The summed E-state index contributed by atoms with van der Waals surface area (Å²) in [4.78, 5) is 18.8. The highest BCUT2D eigenvalue weighted by atomic mass is 16.5. The largest absolute Gasteiger partial charge is 0.497 e. The number of benzene rings is 1. The highest BCUT2D eigenvalue weighted by Crippen LogP contribution is 2.31. The number of aryl methyl sites for hydroxylation is 2. The van der Waals surface area contributed by atoms with Crippen LogP contribution in [0.2, 0.25) is 0 Å². The first-order valence-corrected chi connectivity index (χ1v) is 8.34. The average molecular weight is 363 g/mol. The zero-order chi connectivity index (χ0) is 18.6. The molecule has 0 radical (unpaired) electrons. The van der Waals surface area contributed by atoms with Gasteiger partial charge in [0.15, 0.2) is 0 Å². The van der Waals surface area contributed by atoms with Gasteiger partial charge in [0, 0.05) is 29.9 Å². The fraction of sp³-hybridized carbons (Fsp3) is 0.167. The van der Waals surface area contributed by atoms with Crippen LogP contribution < -0.4 is 10.3 Å². The van der Waals surface area contributed by atoms with E-state index in [0.29, 0.717) is 13.1 Å². The number of ether oxygens (including phenoxy) is 1. The molecule has 3 heterocycles. The molecule has 0 spiro atoms. The zero-order valence-electron chi connectivity index (χ0n) is 14.6. The standard InChI is InChI=1S/C18H17N7O2/c1-27-15-5-2-13(3-6-15)17-18(14-4-7-16(26)19-10-14)24(11-20-17)8-9-25-12-21-22-23-25/h2-7,10-12H,8-9H2,1H3,(H,19,26). The predicted octanol–water partition coefficient (Wildman–Crippen LogP) is 1.60. The third-order valence-corrected chi connectivity index (χ3v) is 4.22. The second-order valence-corrected chi connectivity index (χ2v) is 5.88. The molecule has 0 fully saturated rings. The van der Waals surface area contributed by atoms with Gasteiger partial charge in [-0.1, -0.05) is 0 Å². The Labute approximate surface area is 154 Å². The lowest BCUT2D eigenvalue weighted by atomic mass is 10.1. The van der Waals surface area contributed by atoms with Gasteiger partial charge in [-0.2, -0.15) is 0 Å². The minimum atomic E-state index is -0.149. The SMILES string of the molecule is COc1ccc(-c2ncn(CCn3cnnn3)c2-c2ccc(=O)[nH]c2)cc1. The molecular formula is C18H17N7O2. The van der Waals surface area contributed by atoms with Crippen molar-refractivity contribution in [1.29, 1.82) is 0 Å². The molecule has 9 heteroatoms. The van der Waals surface area contributed by atoms with Gasteiger partial charge in [-0.05, 0) is 40.8 Å². The molecule has 136 valence electrons. The van der Waals surface area contributed by atoms with Gasteiger partial charge in [0.05, 0.1) is 31.4 Å². The lowest BCUT2D eigenvalue weighted by molar-refractivity contribution is 0.415. The van der Waals surface area contributed by atoms with Gasteiger partial charge in [-0.25, -0.2) is 9.67 Å². The molecule has 1 N–H and O–H groups in total. The van der Waals surface area contributed by atoms with Gasteiger partial charge in [0.1, 0.15) is 12.1 Å². The molecule has 0 amide bonds. The molecule has 4 aromatic rings. The van der Waals surface area contributed by atoms with Crippen molar-refractivity contribution in [1.82, 2.24) is 34.7 Å². The van der Waals surface area contributed by atoms with E-state index in [1.807, 2.05) is 28.8 Å². The number of imidazole rings is 1. The summed E-state index contributed by atoms with van der Waals surface area (Å²) in [6, 6.07) is 11.0. The van der Waals surface area contributed by atoms with E-state index < -0.39 is 0 Å². The van der Waals surface area contributed by atoms with Gasteiger partial charge < -0.3 is 14.3 Å². The van der Waals surface area contributed by atoms with Crippen molar-refractivity contribution >= 4 is 0 Å². The van der Waals surface area contributed by atoms with E-state index in [9.17, 15) is 4.79 Å². The maximum Gasteiger partial charge on any atom is 0.247 e. The maximum atomic E-state index is 11.5. The maximum absolute atomic E-state index is 11.5. The van der Waals surface area contributed by atoms with Gasteiger partial charge >= 0.3 is 0 Å². The fourth-order valence-corrected chi connectivity index (χ4v) is 2.87. The Balaban J connectivity index is 1.75. The number of methoxy groups -OCH3 is 1. The number of aromatic amines is 1. The molecule has 3 aromatic heterocycles. The Kier molecular flexibility index (Phi) is 4.48. The van der Waals surface area contributed by atoms with Crippen LogP contribution in [0.5, 0.6) is 5.75 Å². The van der Waals surface area contributed by atoms with Gasteiger partial charge in [-0.3, -0.25) is 4.79 Å². The molecule has 0 saturated heterocycles. The molecule has 0 atom stereocenters. The smallest absolute Gasteiger partial charge is 0.247 e. The summed E-state index contributed by atoms with van der Waals surface area (Å²) in [5.41, 5.74) is 3.41. The fourth-order valence-electron chi connectivity index (χ4n) is 2.87. The number of nitrogens with one attached hydrogen (secondary N) is 1. The third kappa shape index (κ3) is 3.47. The van der Waals surface area contributed by atoms with E-state index in [2.05, 4.69) is 25.5 Å². The predicted molar refractivity (Wildman–Crippen MR) is 98.1 cm³/mol. The number of hydrogen-bond donors (Lipinski definition) is 1. The van der Waals surface area contributed by atoms with Crippen LogP contribution in [0, 0.1) is 0 Å². The first kappa shape index (κ1) is 16.7. The van der Waals surface area contributed by atoms with Crippen LogP contribution >= 0.6 is 0 Å². The number of aromatic nitrogens is 7. The summed E-state index contributed by atoms with van der Waals surface area (Å²) in [6.45, 7) is 1.23. The molecule has 0 unspecified atom stereocenters.